The zero-order chi connectivity index (χ0) is 20.1. The maximum atomic E-state index is 15.2. The molecule has 2 heterocycles. The first-order valence-electron chi connectivity index (χ1n) is 10.1. The molecule has 28 heavy (non-hydrogen) atoms. The number of halogens is 1. The lowest BCUT2D eigenvalue weighted by Gasteiger charge is -2.37. The zero-order valence-electron chi connectivity index (χ0n) is 16.7. The van der Waals surface area contributed by atoms with Gasteiger partial charge in [-0.2, -0.15) is 0 Å². The Morgan fingerprint density at radius 1 is 1.29 bits per heavy atom. The number of rotatable bonds is 2. The smallest absolute Gasteiger partial charge is 0.256 e. The topological polar surface area (TPSA) is 66.4 Å². The van der Waals surface area contributed by atoms with Crippen LogP contribution in [0.5, 0.6) is 0 Å². The molecule has 7 heteroatoms. The van der Waals surface area contributed by atoms with Gasteiger partial charge >= 0.3 is 0 Å². The van der Waals surface area contributed by atoms with Gasteiger partial charge in [-0.15, -0.1) is 0 Å². The molecule has 1 amide bonds. The number of nitrogens with one attached hydrogen (secondary N) is 2. The Hall–Kier alpha value is -2.57. The SMILES string of the molecule is CCn1cc(C(=O)NC)c(=O)c2cc(F)c3c(c21)NC1(CCCCCC1)N3C. The Balaban J connectivity index is 2.00. The first kappa shape index (κ1) is 18.8. The number of amides is 1. The molecule has 4 rings (SSSR count). The predicted molar refractivity (Wildman–Crippen MR) is 110 cm³/mol. The minimum atomic E-state index is -0.458. The van der Waals surface area contributed by atoms with E-state index in [1.54, 1.807) is 6.20 Å². The van der Waals surface area contributed by atoms with Crippen LogP contribution in [0.25, 0.3) is 10.9 Å². The van der Waals surface area contributed by atoms with Crippen LogP contribution in [0.4, 0.5) is 15.8 Å². The van der Waals surface area contributed by atoms with E-state index in [1.807, 2.05) is 23.4 Å². The second kappa shape index (κ2) is 6.79. The van der Waals surface area contributed by atoms with E-state index in [0.717, 1.165) is 25.7 Å². The number of aryl methyl sites for hydroxylation is 1. The van der Waals surface area contributed by atoms with Crippen molar-refractivity contribution in [2.75, 3.05) is 24.3 Å². The molecule has 1 aliphatic carbocycles. The third-order valence-electron chi connectivity index (χ3n) is 6.37. The first-order chi connectivity index (χ1) is 13.4. The molecule has 1 aromatic carbocycles. The lowest BCUT2D eigenvalue weighted by Crippen LogP contribution is -2.48. The van der Waals surface area contributed by atoms with Crippen molar-refractivity contribution in [3.05, 3.63) is 33.9 Å². The number of hydrogen-bond acceptors (Lipinski definition) is 4. The first-order valence-corrected chi connectivity index (χ1v) is 10.1. The average molecular weight is 386 g/mol. The average Bonchev–Trinajstić information content (AvgIpc) is 2.83. The quantitative estimate of drug-likeness (QED) is 0.830. The molecule has 0 radical (unpaired) electrons. The van der Waals surface area contributed by atoms with E-state index in [0.29, 0.717) is 23.4 Å². The zero-order valence-corrected chi connectivity index (χ0v) is 16.7. The summed E-state index contributed by atoms with van der Waals surface area (Å²) in [5.74, 6) is -0.882. The van der Waals surface area contributed by atoms with Crippen molar-refractivity contribution in [1.82, 2.24) is 9.88 Å². The molecule has 2 aromatic rings. The number of benzene rings is 1. The maximum Gasteiger partial charge on any atom is 0.256 e. The van der Waals surface area contributed by atoms with Crippen molar-refractivity contribution in [3.8, 4) is 0 Å². The fourth-order valence-corrected chi connectivity index (χ4v) is 4.82. The molecule has 1 aliphatic heterocycles. The van der Waals surface area contributed by atoms with Crippen LogP contribution < -0.4 is 21.0 Å². The van der Waals surface area contributed by atoms with Crippen LogP contribution in [0.3, 0.4) is 0 Å². The minimum Gasteiger partial charge on any atom is -0.359 e. The van der Waals surface area contributed by atoms with Crippen LogP contribution in [0.1, 0.15) is 55.8 Å². The van der Waals surface area contributed by atoms with Gasteiger partial charge < -0.3 is 20.1 Å². The number of anilines is 2. The van der Waals surface area contributed by atoms with E-state index < -0.39 is 17.2 Å². The third-order valence-corrected chi connectivity index (χ3v) is 6.37. The van der Waals surface area contributed by atoms with Crippen LogP contribution in [0.15, 0.2) is 17.1 Å². The minimum absolute atomic E-state index is 0.0340. The van der Waals surface area contributed by atoms with Gasteiger partial charge in [-0.05, 0) is 38.7 Å². The van der Waals surface area contributed by atoms with Crippen LogP contribution in [-0.4, -0.2) is 30.2 Å². The monoisotopic (exact) mass is 386 g/mol. The standard InChI is InChI=1S/C21H27FN4O2/c1-4-26-12-14(20(28)23-2)19(27)13-11-15(22)18-16(17(13)26)24-21(25(18)3)9-7-5-6-8-10-21/h11-12,24H,4-10H2,1-3H3,(H,23,28). The maximum absolute atomic E-state index is 15.2. The summed E-state index contributed by atoms with van der Waals surface area (Å²) < 4.78 is 17.1. The van der Waals surface area contributed by atoms with Crippen molar-refractivity contribution >= 4 is 28.2 Å². The van der Waals surface area contributed by atoms with Gasteiger partial charge in [-0.3, -0.25) is 9.59 Å². The van der Waals surface area contributed by atoms with Crippen molar-refractivity contribution in [2.45, 2.75) is 57.7 Å². The molecular weight excluding hydrogens is 359 g/mol. The van der Waals surface area contributed by atoms with Crippen LogP contribution in [0.2, 0.25) is 0 Å². The number of aromatic nitrogens is 1. The number of nitrogens with zero attached hydrogens (tertiary/aromatic N) is 2. The Morgan fingerprint density at radius 2 is 1.96 bits per heavy atom. The Labute approximate surface area is 163 Å². The van der Waals surface area contributed by atoms with Gasteiger partial charge in [-0.25, -0.2) is 4.39 Å². The second-order valence-electron chi connectivity index (χ2n) is 7.85. The molecule has 1 fully saturated rings. The summed E-state index contributed by atoms with van der Waals surface area (Å²) in [5, 5.41) is 6.35. The van der Waals surface area contributed by atoms with Gasteiger partial charge in [0.15, 0.2) is 0 Å². The molecule has 0 bridgehead atoms. The van der Waals surface area contributed by atoms with Crippen molar-refractivity contribution in [2.24, 2.45) is 0 Å². The fourth-order valence-electron chi connectivity index (χ4n) is 4.82. The third kappa shape index (κ3) is 2.59. The van der Waals surface area contributed by atoms with E-state index in [4.69, 9.17) is 0 Å². The second-order valence-corrected chi connectivity index (χ2v) is 7.85. The Bertz CT molecular complexity index is 1010. The number of carbonyl (C=O) groups excluding carboxylic acids is 1. The summed E-state index contributed by atoms with van der Waals surface area (Å²) in [4.78, 5) is 27.2. The molecule has 1 saturated carbocycles. The lowest BCUT2D eigenvalue weighted by molar-refractivity contribution is 0.0961. The summed E-state index contributed by atoms with van der Waals surface area (Å²) in [5.41, 5.74) is 1.14. The molecule has 0 unspecified atom stereocenters. The molecular formula is C21H27FN4O2. The van der Waals surface area contributed by atoms with E-state index in [1.165, 1.54) is 26.0 Å². The van der Waals surface area contributed by atoms with Gasteiger partial charge in [0.05, 0.1) is 16.6 Å². The molecule has 0 saturated heterocycles. The highest BCUT2D eigenvalue weighted by atomic mass is 19.1. The highest BCUT2D eigenvalue weighted by Crippen LogP contribution is 2.49. The molecule has 2 aliphatic rings. The number of fused-ring (bicyclic) bond motifs is 3. The molecule has 1 spiro atoms. The van der Waals surface area contributed by atoms with Crippen molar-refractivity contribution in [1.29, 1.82) is 0 Å². The number of pyridine rings is 1. The van der Waals surface area contributed by atoms with Crippen molar-refractivity contribution in [3.63, 3.8) is 0 Å². The highest BCUT2D eigenvalue weighted by molar-refractivity contribution is 6.04. The predicted octanol–water partition coefficient (Wildman–Crippen LogP) is 3.43. The summed E-state index contributed by atoms with van der Waals surface area (Å²) in [7, 11) is 3.42. The van der Waals surface area contributed by atoms with E-state index in [-0.39, 0.29) is 16.6 Å². The van der Waals surface area contributed by atoms with E-state index in [9.17, 15) is 9.59 Å². The van der Waals surface area contributed by atoms with Gasteiger partial charge in [0, 0.05) is 26.8 Å². The molecule has 1 aromatic heterocycles. The van der Waals surface area contributed by atoms with Crippen molar-refractivity contribution < 1.29 is 9.18 Å². The summed E-state index contributed by atoms with van der Waals surface area (Å²) >= 11 is 0. The molecule has 6 nitrogen and oxygen atoms in total. The normalized spacial score (nSPS) is 18.1. The summed E-state index contributed by atoms with van der Waals surface area (Å²) in [6.07, 6.45) is 8.01. The number of hydrogen-bond donors (Lipinski definition) is 2. The van der Waals surface area contributed by atoms with Gasteiger partial charge in [0.1, 0.15) is 22.7 Å². The molecule has 150 valence electrons. The highest BCUT2D eigenvalue weighted by Gasteiger charge is 2.44. The summed E-state index contributed by atoms with van der Waals surface area (Å²) in [6.45, 7) is 2.52. The fraction of sp³-hybridized carbons (Fsp3) is 0.524. The summed E-state index contributed by atoms with van der Waals surface area (Å²) in [6, 6.07) is 1.29. The van der Waals surface area contributed by atoms with Gasteiger partial charge in [0.25, 0.3) is 5.91 Å². The van der Waals surface area contributed by atoms with Crippen LogP contribution >= 0.6 is 0 Å². The lowest BCUT2D eigenvalue weighted by atomic mass is 10.00. The Kier molecular flexibility index (Phi) is 4.56. The Morgan fingerprint density at radius 3 is 2.57 bits per heavy atom. The van der Waals surface area contributed by atoms with E-state index >= 15 is 4.39 Å². The van der Waals surface area contributed by atoms with Gasteiger partial charge in [-0.1, -0.05) is 12.8 Å². The largest absolute Gasteiger partial charge is 0.359 e. The molecule has 0 atom stereocenters. The van der Waals surface area contributed by atoms with Crippen LogP contribution in [0, 0.1) is 5.82 Å². The number of carbonyl (C=O) groups is 1. The van der Waals surface area contributed by atoms with E-state index in [2.05, 4.69) is 10.6 Å². The van der Waals surface area contributed by atoms with Gasteiger partial charge in [0.2, 0.25) is 5.43 Å². The van der Waals surface area contributed by atoms with Crippen LogP contribution in [-0.2, 0) is 6.54 Å². The molecule has 2 N–H and O–H groups in total.